The molecule has 39 heteroatoms. The van der Waals surface area contributed by atoms with Gasteiger partial charge in [0, 0.05) is 72.4 Å². The second-order valence-electron chi connectivity index (χ2n) is 35.4. The van der Waals surface area contributed by atoms with Gasteiger partial charge in [-0.3, -0.25) is 14.4 Å². The summed E-state index contributed by atoms with van der Waals surface area (Å²) >= 11 is 0. The molecule has 13 rings (SSSR count). The quantitative estimate of drug-likeness (QED) is 0.0298. The van der Waals surface area contributed by atoms with Crippen LogP contribution in [-0.4, -0.2) is 160 Å². The number of primary amides is 3. The molecule has 130 heavy (non-hydrogen) atoms. The van der Waals surface area contributed by atoms with E-state index in [2.05, 4.69) is 87.1 Å². The molecule has 4 aromatic carbocycles. The van der Waals surface area contributed by atoms with Crippen molar-refractivity contribution in [2.75, 3.05) is 42.1 Å². The number of ether oxygens (including phenoxy) is 5. The van der Waals surface area contributed by atoms with Gasteiger partial charge >= 0.3 is 36.5 Å². The number of carbonyl (C=O) groups excluding carboxylic acids is 8. The second kappa shape index (κ2) is 41.0. The smallest absolute Gasteiger partial charge is 0.425 e. The monoisotopic (exact) mass is 1780 g/mol. The number of nitrogens with two attached hydrogens (primary N) is 5. The van der Waals surface area contributed by atoms with E-state index in [0.717, 1.165) is 89.1 Å². The van der Waals surface area contributed by atoms with Crippen molar-refractivity contribution < 1.29 is 66.9 Å². The zero-order chi connectivity index (χ0) is 94.2. The van der Waals surface area contributed by atoms with Crippen LogP contribution >= 0.6 is 0 Å². The Labute approximate surface area is 750 Å². The van der Waals surface area contributed by atoms with Crippen molar-refractivity contribution >= 4 is 123 Å². The number of amides is 8. The lowest BCUT2D eigenvalue weighted by atomic mass is 9.90. The Kier molecular flexibility index (Phi) is 30.1. The summed E-state index contributed by atoms with van der Waals surface area (Å²) in [5.41, 5.74) is 32.8. The van der Waals surface area contributed by atoms with Gasteiger partial charge in [-0.05, 0) is 253 Å². The lowest BCUT2D eigenvalue weighted by Crippen LogP contribution is -2.50. The molecule has 16 N–H and O–H groups in total. The van der Waals surface area contributed by atoms with Crippen molar-refractivity contribution in [1.82, 2.24) is 65.3 Å². The van der Waals surface area contributed by atoms with E-state index in [1.165, 1.54) is 35.8 Å². The van der Waals surface area contributed by atoms with Crippen LogP contribution in [0.4, 0.5) is 87.8 Å². The van der Waals surface area contributed by atoms with Crippen LogP contribution in [0, 0.1) is 0 Å². The minimum Gasteiger partial charge on any atom is -0.444 e. The van der Waals surface area contributed by atoms with Crippen LogP contribution < -0.4 is 75.2 Å². The first-order valence-corrected chi connectivity index (χ1v) is 41.9. The predicted molar refractivity (Wildman–Crippen MR) is 491 cm³/mol. The van der Waals surface area contributed by atoms with Gasteiger partial charge in [0.25, 0.3) is 17.7 Å². The number of nitrogens with one attached hydrogen (secondary N) is 6. The van der Waals surface area contributed by atoms with Gasteiger partial charge in [-0.15, -0.1) is 5.10 Å². The summed E-state index contributed by atoms with van der Waals surface area (Å²) in [5, 5.41) is 27.0. The van der Waals surface area contributed by atoms with E-state index >= 15 is 0 Å². The third-order valence-electron chi connectivity index (χ3n) is 19.0. The first-order valence-electron chi connectivity index (χ1n) is 41.9. The SMILES string of the molecule is CC(C)(C)OC(=O)N(C(=O)OC(C)(C)C)c1cc(-c2ccc(Nc3nc(On4nnc5ccccc54)ncc3C(N)=O)cc2)ccn1.CC(C)(C)OC(=O)N[C@H]1CCCC[C@H]1Nc1ncc(C(N)=O)c(Nc2ccc(-c3ccnc(N(C(=O)OC(C)(C)C)C(=O)OC(C)(C)C)c3)cc2)n1.NC(=O)c1cnc(N[C@@H]2CCCC[C@@H]2N)nc1Nc1ccc(-c2ccnc(N)c2)cc1. The molecule has 2 aliphatic carbocycles. The van der Waals surface area contributed by atoms with Gasteiger partial charge in [0.05, 0.1) is 6.04 Å². The maximum absolute atomic E-state index is 13.2. The maximum atomic E-state index is 13.2. The number of para-hydroxylation sites is 1. The largest absolute Gasteiger partial charge is 0.444 e. The summed E-state index contributed by atoms with van der Waals surface area (Å²) in [5.74, 6) is -0.230. The fourth-order valence-electron chi connectivity index (χ4n) is 13.2. The standard InChI is InChI=1S/C37H50N8O7.C32H33N9O6.C22H26N8O/c1-35(2,3)50-32(47)43-27-13-11-10-12-26(27)42-31-40-21-25(29(38)46)30(44-31)41-24-16-14-22(15-17-24)23-18-19-39-28(20-23)45(33(48)51-36(4,5)6)34(49)52-37(7,8)9;1-31(2,3)45-29(43)40(30(44)46-32(4,5)6)25-17-20(15-16-34-25)19-11-13-21(14-12-19)36-27-22(26(33)42)18-35-28(37-27)47-41-24-10-8-7-9-23(24)38-39-41;23-17-3-1-2-4-18(17)29-22-27-12-16(20(25)31)21(30-22)28-15-7-5-13(6-8-15)14-9-10-26-19(24)11-14/h14-21,26-27H,10-13H2,1-9H3,(H2,38,46)(H,43,47)(H2,40,41,42,44);7-18H,1-6H3,(H2,33,42)(H,35,36,37);5-12,17-18H,1-4,23H2,(H2,24,26)(H2,25,31)(H2,27,28,29,30)/t26-,27+;;17-,18+/m1.0/s1. The maximum Gasteiger partial charge on any atom is 0.425 e. The Morgan fingerprint density at radius 1 is 0.408 bits per heavy atom. The highest BCUT2D eigenvalue weighted by atomic mass is 16.7. The molecule has 2 fully saturated rings. The molecule has 0 unspecified atom stereocenters. The number of rotatable bonds is 21. The molecule has 2 aliphatic rings. The van der Waals surface area contributed by atoms with Gasteiger partial charge < -0.3 is 89.1 Å². The first kappa shape index (κ1) is 95.3. The summed E-state index contributed by atoms with van der Waals surface area (Å²) in [7, 11) is 0. The Bertz CT molecular complexity index is 5830. The number of hydrogen-bond donors (Lipinski definition) is 11. The average molecular weight is 1780 g/mol. The molecule has 2 saturated carbocycles. The molecule has 7 heterocycles. The van der Waals surface area contributed by atoms with Crippen LogP contribution in [-0.2, 0) is 23.7 Å². The van der Waals surface area contributed by atoms with Crippen molar-refractivity contribution in [2.24, 2.45) is 22.9 Å². The molecular weight excluding hydrogens is 1670 g/mol. The fraction of sp³-hybridized carbons (Fsp3) is 0.352. The Morgan fingerprint density at radius 2 is 0.777 bits per heavy atom. The topological polar surface area (TPSA) is 547 Å². The molecule has 682 valence electrons. The minimum atomic E-state index is -0.925. The Balaban J connectivity index is 0.000000194. The number of anilines is 11. The number of benzene rings is 4. The van der Waals surface area contributed by atoms with Gasteiger partial charge in [-0.25, -0.2) is 53.9 Å². The van der Waals surface area contributed by atoms with E-state index in [0.29, 0.717) is 51.1 Å². The normalized spacial score (nSPS) is 15.0. The van der Waals surface area contributed by atoms with E-state index < -0.39 is 76.2 Å². The van der Waals surface area contributed by atoms with Crippen molar-refractivity contribution in [3.8, 4) is 39.4 Å². The van der Waals surface area contributed by atoms with Crippen LogP contribution in [0.25, 0.3) is 44.4 Å². The molecule has 0 bridgehead atoms. The molecule has 0 radical (unpaired) electrons. The lowest BCUT2D eigenvalue weighted by molar-refractivity contribution is 0.0406. The highest BCUT2D eigenvalue weighted by Crippen LogP contribution is 2.35. The van der Waals surface area contributed by atoms with Gasteiger partial charge in [0.15, 0.2) is 5.82 Å². The van der Waals surface area contributed by atoms with E-state index in [4.69, 9.17) is 57.2 Å². The number of aromatic nitrogens is 12. The van der Waals surface area contributed by atoms with Crippen LogP contribution in [0.3, 0.4) is 0 Å². The lowest BCUT2D eigenvalue weighted by Gasteiger charge is -2.33. The van der Waals surface area contributed by atoms with E-state index in [1.807, 2.05) is 81.4 Å². The highest BCUT2D eigenvalue weighted by molar-refractivity contribution is 6.10. The van der Waals surface area contributed by atoms with Gasteiger partial charge in [-0.2, -0.15) is 24.8 Å². The molecular formula is C91H109N25O14. The first-order chi connectivity index (χ1) is 61.3. The fourth-order valence-corrected chi connectivity index (χ4v) is 13.2. The summed E-state index contributed by atoms with van der Waals surface area (Å²) in [6, 6.07) is 39.1. The minimum absolute atomic E-state index is 0.0213. The van der Waals surface area contributed by atoms with Gasteiger partial charge in [0.1, 0.15) is 84.8 Å². The predicted octanol–water partition coefficient (Wildman–Crippen LogP) is 15.6. The van der Waals surface area contributed by atoms with Crippen molar-refractivity contribution in [1.29, 1.82) is 0 Å². The molecule has 11 aromatic rings. The molecule has 0 aliphatic heterocycles. The summed E-state index contributed by atoms with van der Waals surface area (Å²) < 4.78 is 27.4. The summed E-state index contributed by atoms with van der Waals surface area (Å²) in [4.78, 5) is 148. The molecule has 39 nitrogen and oxygen atoms in total. The van der Waals surface area contributed by atoms with E-state index in [9.17, 15) is 38.4 Å². The third-order valence-corrected chi connectivity index (χ3v) is 19.0. The number of hydrogen-bond acceptors (Lipinski definition) is 32. The number of pyridine rings is 3. The van der Waals surface area contributed by atoms with Gasteiger partial charge in [0.2, 0.25) is 11.9 Å². The molecule has 4 atom stereocenters. The van der Waals surface area contributed by atoms with Crippen LogP contribution in [0.1, 0.15) is 186 Å². The molecule has 7 aromatic heterocycles. The van der Waals surface area contributed by atoms with Crippen molar-refractivity contribution in [2.45, 2.75) is 207 Å². The summed E-state index contributed by atoms with van der Waals surface area (Å²) in [6.45, 7) is 25.8. The Morgan fingerprint density at radius 3 is 1.18 bits per heavy atom. The number of fused-ring (bicyclic) bond motifs is 1. The number of carbonyl (C=O) groups is 8. The van der Waals surface area contributed by atoms with Crippen molar-refractivity contribution in [3.63, 3.8) is 0 Å². The van der Waals surface area contributed by atoms with Gasteiger partial charge in [-0.1, -0.05) is 79.1 Å². The zero-order valence-electron chi connectivity index (χ0n) is 75.0. The molecule has 0 spiro atoms. The van der Waals surface area contributed by atoms with Crippen molar-refractivity contribution in [3.05, 3.63) is 187 Å². The van der Waals surface area contributed by atoms with Crippen LogP contribution in [0.5, 0.6) is 6.01 Å². The Hall–Kier alpha value is -15.3. The molecule has 0 saturated heterocycles. The number of alkyl carbamates (subject to hydrolysis) is 1. The highest BCUT2D eigenvalue weighted by Gasteiger charge is 2.37. The van der Waals surface area contributed by atoms with E-state index in [-0.39, 0.29) is 76.1 Å². The second-order valence-corrected chi connectivity index (χ2v) is 35.4. The van der Waals surface area contributed by atoms with Crippen LogP contribution in [0.15, 0.2) is 171 Å². The number of nitrogens with zero attached hydrogens (tertiary/aromatic N) is 14. The van der Waals surface area contributed by atoms with E-state index in [1.54, 1.807) is 162 Å². The average Bonchev–Trinajstić information content (AvgIpc) is 1.35. The third kappa shape index (κ3) is 27.4. The zero-order valence-corrected chi connectivity index (χ0v) is 75.0. The summed E-state index contributed by atoms with van der Waals surface area (Å²) in [6.07, 6.45) is 12.1. The number of nitrogen functional groups attached to an aromatic ring is 1. The molecule has 8 amide bonds. The number of imide groups is 2. The van der Waals surface area contributed by atoms with Crippen LogP contribution in [0.2, 0.25) is 0 Å².